The van der Waals surface area contributed by atoms with Gasteiger partial charge in [-0.1, -0.05) is 36.7 Å². The molecule has 0 aliphatic heterocycles. The average molecular weight is 479 g/mol. The first-order valence-corrected chi connectivity index (χ1v) is 13.3. The fourth-order valence-electron chi connectivity index (χ4n) is 6.49. The van der Waals surface area contributed by atoms with Crippen LogP contribution in [0.4, 0.5) is 5.69 Å². The van der Waals surface area contributed by atoms with Crippen LogP contribution in [0.25, 0.3) is 0 Å². The van der Waals surface area contributed by atoms with E-state index in [1.54, 1.807) is 0 Å². The third-order valence-electron chi connectivity index (χ3n) is 8.42. The highest BCUT2D eigenvalue weighted by molar-refractivity contribution is 5.94. The molecule has 0 saturated heterocycles. The molecule has 3 aliphatic carbocycles. The highest BCUT2D eigenvalue weighted by Gasteiger charge is 2.48. The first kappa shape index (κ1) is 24.1. The number of aromatic nitrogens is 1. The van der Waals surface area contributed by atoms with Crippen LogP contribution >= 0.6 is 0 Å². The van der Waals surface area contributed by atoms with Gasteiger partial charge in [-0.3, -0.25) is 9.59 Å². The van der Waals surface area contributed by atoms with E-state index < -0.39 is 17.8 Å². The average Bonchev–Trinajstić information content (AvgIpc) is 3.35. The normalized spacial score (nSPS) is 28.2. The van der Waals surface area contributed by atoms with Gasteiger partial charge >= 0.3 is 5.97 Å². The number of hydrogen-bond donors (Lipinski definition) is 2. The van der Waals surface area contributed by atoms with E-state index in [-0.39, 0.29) is 11.8 Å². The number of anilines is 1. The summed E-state index contributed by atoms with van der Waals surface area (Å²) in [6, 6.07) is 5.95. The Morgan fingerprint density at radius 1 is 1.11 bits per heavy atom. The molecule has 0 spiro atoms. The van der Waals surface area contributed by atoms with Gasteiger partial charge in [0.15, 0.2) is 0 Å². The number of carboxylic acids is 1. The Hall–Kier alpha value is -2.63. The maximum absolute atomic E-state index is 13.5. The lowest BCUT2D eigenvalue weighted by Gasteiger charge is -2.35. The third kappa shape index (κ3) is 4.89. The molecule has 1 amide bonds. The molecule has 6 nitrogen and oxygen atoms in total. The molecule has 1 heterocycles. The summed E-state index contributed by atoms with van der Waals surface area (Å²) in [7, 11) is 0. The molecule has 0 radical (unpaired) electrons. The van der Waals surface area contributed by atoms with Crippen LogP contribution in [-0.2, 0) is 9.59 Å². The molecule has 0 bridgehead atoms. The maximum atomic E-state index is 13.5. The second-order valence-electron chi connectivity index (χ2n) is 11.8. The van der Waals surface area contributed by atoms with Gasteiger partial charge in [0.2, 0.25) is 5.91 Å². The molecule has 3 aliphatic rings. The van der Waals surface area contributed by atoms with E-state index in [2.05, 4.69) is 24.3 Å². The van der Waals surface area contributed by atoms with Gasteiger partial charge in [0.05, 0.1) is 11.6 Å². The Morgan fingerprint density at radius 3 is 2.49 bits per heavy atom. The number of nitrogens with zero attached hydrogens (tertiary/aromatic N) is 1. The molecule has 1 aromatic carbocycles. The minimum atomic E-state index is -0.830. The standard InChI is InChI=1S/C29H38N2O4/c1-15(2)9-18-11-20(12-18)27-25(19-6-7-19)26(31-35-27)22-13-21(29(33)34)14-23(22)28(32)30-24-8-5-16(3)10-17(24)4/h5,8,10,15,18-23H,6-7,9,11-14H2,1-4H3,(H,30,32)(H,33,34)/t18?,20?,21-,22+,23+/m1/s1. The Bertz CT molecular complexity index is 1110. The van der Waals surface area contributed by atoms with E-state index in [9.17, 15) is 14.7 Å². The molecule has 35 heavy (non-hydrogen) atoms. The summed E-state index contributed by atoms with van der Waals surface area (Å²) < 4.78 is 6.01. The van der Waals surface area contributed by atoms with Gasteiger partial charge in [-0.15, -0.1) is 0 Å². The van der Waals surface area contributed by atoms with Gasteiger partial charge < -0.3 is 14.9 Å². The molecule has 1 aromatic heterocycles. The van der Waals surface area contributed by atoms with Crippen molar-refractivity contribution in [3.63, 3.8) is 0 Å². The second kappa shape index (κ2) is 9.44. The fraction of sp³-hybridized carbons (Fsp3) is 0.621. The number of amides is 1. The number of aryl methyl sites for hydroxylation is 2. The lowest BCUT2D eigenvalue weighted by atomic mass is 9.69. The van der Waals surface area contributed by atoms with E-state index in [0.717, 1.165) is 59.9 Å². The van der Waals surface area contributed by atoms with Crippen molar-refractivity contribution < 1.29 is 19.2 Å². The van der Waals surface area contributed by atoms with Crippen LogP contribution < -0.4 is 5.32 Å². The molecule has 0 unspecified atom stereocenters. The molecule has 2 N–H and O–H groups in total. The number of hydrogen-bond acceptors (Lipinski definition) is 4. The summed E-state index contributed by atoms with van der Waals surface area (Å²) in [6.07, 6.45) is 6.56. The van der Waals surface area contributed by atoms with E-state index in [4.69, 9.17) is 4.52 Å². The number of rotatable bonds is 8. The van der Waals surface area contributed by atoms with Crippen molar-refractivity contribution >= 4 is 17.6 Å². The van der Waals surface area contributed by atoms with Crippen molar-refractivity contribution in [1.82, 2.24) is 5.16 Å². The first-order valence-electron chi connectivity index (χ1n) is 13.3. The van der Waals surface area contributed by atoms with Crippen molar-refractivity contribution in [2.75, 3.05) is 5.32 Å². The number of carbonyl (C=O) groups is 2. The lowest BCUT2D eigenvalue weighted by molar-refractivity contribution is -0.141. The van der Waals surface area contributed by atoms with Crippen molar-refractivity contribution in [1.29, 1.82) is 0 Å². The second-order valence-corrected chi connectivity index (χ2v) is 11.8. The maximum Gasteiger partial charge on any atom is 0.306 e. The number of nitrogens with one attached hydrogen (secondary N) is 1. The molecule has 2 aromatic rings. The van der Waals surface area contributed by atoms with Crippen molar-refractivity contribution in [3.05, 3.63) is 46.3 Å². The Labute approximate surface area is 207 Å². The summed E-state index contributed by atoms with van der Waals surface area (Å²) >= 11 is 0. The molecule has 3 fully saturated rings. The van der Waals surface area contributed by atoms with Gasteiger partial charge in [0.25, 0.3) is 0 Å². The molecule has 3 atom stereocenters. The van der Waals surface area contributed by atoms with E-state index in [1.165, 1.54) is 12.0 Å². The highest BCUT2D eigenvalue weighted by atomic mass is 16.5. The zero-order valence-electron chi connectivity index (χ0n) is 21.3. The minimum Gasteiger partial charge on any atom is -0.481 e. The minimum absolute atomic E-state index is 0.113. The number of aliphatic carboxylic acids is 1. The number of carbonyl (C=O) groups excluding carboxylic acids is 1. The van der Waals surface area contributed by atoms with Gasteiger partial charge in [0, 0.05) is 29.0 Å². The van der Waals surface area contributed by atoms with Crippen LogP contribution in [0.3, 0.4) is 0 Å². The fourth-order valence-corrected chi connectivity index (χ4v) is 6.49. The zero-order chi connectivity index (χ0) is 24.9. The van der Waals surface area contributed by atoms with Crippen LogP contribution in [-0.4, -0.2) is 22.1 Å². The smallest absolute Gasteiger partial charge is 0.306 e. The van der Waals surface area contributed by atoms with E-state index in [0.29, 0.717) is 30.6 Å². The molecule has 6 heteroatoms. The van der Waals surface area contributed by atoms with Crippen LogP contribution in [0.15, 0.2) is 22.7 Å². The van der Waals surface area contributed by atoms with E-state index in [1.807, 2.05) is 32.0 Å². The molecular weight excluding hydrogens is 440 g/mol. The largest absolute Gasteiger partial charge is 0.481 e. The summed E-state index contributed by atoms with van der Waals surface area (Å²) in [5, 5.41) is 17.5. The number of carboxylic acid groups (broad SMARTS) is 1. The Kier molecular flexibility index (Phi) is 6.49. The van der Waals surface area contributed by atoms with Crippen LogP contribution in [0.5, 0.6) is 0 Å². The van der Waals surface area contributed by atoms with Crippen LogP contribution in [0.1, 0.15) is 105 Å². The van der Waals surface area contributed by atoms with Crippen molar-refractivity contribution in [2.45, 2.75) is 90.4 Å². The predicted molar refractivity (Wildman–Crippen MR) is 135 cm³/mol. The lowest BCUT2D eigenvalue weighted by Crippen LogP contribution is -2.26. The summed E-state index contributed by atoms with van der Waals surface area (Å²) in [5.41, 5.74) is 5.00. The van der Waals surface area contributed by atoms with Gasteiger partial charge in [-0.05, 0) is 88.2 Å². The summed E-state index contributed by atoms with van der Waals surface area (Å²) in [4.78, 5) is 25.4. The number of benzene rings is 1. The zero-order valence-corrected chi connectivity index (χ0v) is 21.3. The van der Waals surface area contributed by atoms with Crippen LogP contribution in [0.2, 0.25) is 0 Å². The summed E-state index contributed by atoms with van der Waals surface area (Å²) in [5.74, 6) is 1.20. The quantitative estimate of drug-likeness (QED) is 0.449. The topological polar surface area (TPSA) is 92.4 Å². The molecule has 3 saturated carbocycles. The SMILES string of the molecule is Cc1ccc(NC(=O)[C@H]2C[C@H](C(=O)O)C[C@@H]2c2noc(C3CC(CC(C)C)C3)c2C2CC2)c(C)c1. The molecule has 188 valence electrons. The highest BCUT2D eigenvalue weighted by Crippen LogP contribution is 2.55. The van der Waals surface area contributed by atoms with Crippen molar-refractivity contribution in [2.24, 2.45) is 23.7 Å². The van der Waals surface area contributed by atoms with Gasteiger partial charge in [0.1, 0.15) is 5.76 Å². The third-order valence-corrected chi connectivity index (χ3v) is 8.42. The summed E-state index contributed by atoms with van der Waals surface area (Å²) in [6.45, 7) is 8.56. The first-order chi connectivity index (χ1) is 16.7. The molecular formula is C29H38N2O4. The molecule has 5 rings (SSSR count). The monoisotopic (exact) mass is 478 g/mol. The van der Waals surface area contributed by atoms with Crippen molar-refractivity contribution in [3.8, 4) is 0 Å². The Balaban J connectivity index is 1.40. The predicted octanol–water partition coefficient (Wildman–Crippen LogP) is 6.54. The van der Waals surface area contributed by atoms with Gasteiger partial charge in [-0.25, -0.2) is 0 Å². The van der Waals surface area contributed by atoms with Gasteiger partial charge in [-0.2, -0.15) is 0 Å². The van der Waals surface area contributed by atoms with Crippen LogP contribution in [0, 0.1) is 37.5 Å². The van der Waals surface area contributed by atoms with E-state index >= 15 is 0 Å². The Morgan fingerprint density at radius 2 is 1.86 bits per heavy atom.